The summed E-state index contributed by atoms with van der Waals surface area (Å²) in [5, 5.41) is 5.74. The van der Waals surface area contributed by atoms with Crippen molar-refractivity contribution in [3.05, 3.63) is 30.3 Å². The summed E-state index contributed by atoms with van der Waals surface area (Å²) < 4.78 is 5.02. The van der Waals surface area contributed by atoms with Crippen LogP contribution in [-0.2, 0) is 0 Å². The molecule has 0 spiro atoms. The van der Waals surface area contributed by atoms with Crippen LogP contribution in [0, 0.1) is 0 Å². The number of benzene rings is 1. The first-order valence-electron chi connectivity index (χ1n) is 5.04. The second-order valence-corrected chi connectivity index (χ2v) is 2.98. The van der Waals surface area contributed by atoms with Crippen molar-refractivity contribution in [1.29, 1.82) is 0 Å². The molecule has 0 aliphatic carbocycles. The molecule has 1 aromatic carbocycles. The number of hydrogen-bond donors (Lipinski definition) is 2. The number of hydrogen-bond acceptors (Lipinski definition) is 3. The molecule has 15 heavy (non-hydrogen) atoms. The van der Waals surface area contributed by atoms with Crippen LogP contribution in [0.3, 0.4) is 0 Å². The zero-order chi connectivity index (χ0) is 10.9. The second kappa shape index (κ2) is 6.84. The molecule has 4 heteroatoms. The number of nitrogens with one attached hydrogen (secondary N) is 2. The maximum atomic E-state index is 11.2. The highest BCUT2D eigenvalue weighted by molar-refractivity contribution is 5.70. The van der Waals surface area contributed by atoms with Crippen molar-refractivity contribution in [2.24, 2.45) is 0 Å². The molecule has 0 aromatic heterocycles. The summed E-state index contributed by atoms with van der Waals surface area (Å²) in [4.78, 5) is 11.2. The number of ether oxygens (including phenoxy) is 1. The third-order valence-corrected chi connectivity index (χ3v) is 1.77. The van der Waals surface area contributed by atoms with Crippen molar-refractivity contribution in [3.63, 3.8) is 0 Å². The Hall–Kier alpha value is -1.55. The van der Waals surface area contributed by atoms with Gasteiger partial charge in [-0.1, -0.05) is 25.1 Å². The maximum absolute atomic E-state index is 11.2. The van der Waals surface area contributed by atoms with Gasteiger partial charge in [0.25, 0.3) is 0 Å². The number of carbonyl (C=O) groups is 1. The quantitative estimate of drug-likeness (QED) is 0.719. The zero-order valence-corrected chi connectivity index (χ0v) is 8.82. The van der Waals surface area contributed by atoms with Gasteiger partial charge in [0.05, 0.1) is 0 Å². The van der Waals surface area contributed by atoms with Crippen LogP contribution in [0.4, 0.5) is 4.79 Å². The molecule has 0 unspecified atom stereocenters. The maximum Gasteiger partial charge on any atom is 0.412 e. The van der Waals surface area contributed by atoms with E-state index in [1.54, 1.807) is 12.1 Å². The predicted molar refractivity (Wildman–Crippen MR) is 59.0 cm³/mol. The van der Waals surface area contributed by atoms with E-state index in [1.807, 2.05) is 25.1 Å². The molecule has 0 heterocycles. The first-order valence-corrected chi connectivity index (χ1v) is 5.04. The summed E-state index contributed by atoms with van der Waals surface area (Å²) in [5.74, 6) is 0.554. The van der Waals surface area contributed by atoms with E-state index in [0.717, 1.165) is 13.1 Å². The molecule has 2 N–H and O–H groups in total. The molecule has 0 fully saturated rings. The van der Waals surface area contributed by atoms with Gasteiger partial charge in [0.2, 0.25) is 0 Å². The summed E-state index contributed by atoms with van der Waals surface area (Å²) in [6.45, 7) is 4.23. The Morgan fingerprint density at radius 3 is 2.67 bits per heavy atom. The van der Waals surface area contributed by atoms with E-state index in [-0.39, 0.29) is 0 Å². The SMILES string of the molecule is CCNCCNC(=O)Oc1ccccc1. The Labute approximate surface area is 89.6 Å². The summed E-state index contributed by atoms with van der Waals surface area (Å²) in [7, 11) is 0. The lowest BCUT2D eigenvalue weighted by atomic mass is 10.3. The molecule has 0 saturated heterocycles. The number of para-hydroxylation sites is 1. The van der Waals surface area contributed by atoms with Crippen molar-refractivity contribution in [2.45, 2.75) is 6.92 Å². The van der Waals surface area contributed by atoms with E-state index in [2.05, 4.69) is 10.6 Å². The van der Waals surface area contributed by atoms with E-state index < -0.39 is 6.09 Å². The minimum Gasteiger partial charge on any atom is -0.410 e. The lowest BCUT2D eigenvalue weighted by Gasteiger charge is -2.06. The molecule has 1 amide bonds. The zero-order valence-electron chi connectivity index (χ0n) is 8.82. The molecular formula is C11H16N2O2. The molecule has 0 saturated carbocycles. The van der Waals surface area contributed by atoms with Crippen molar-refractivity contribution < 1.29 is 9.53 Å². The van der Waals surface area contributed by atoms with Gasteiger partial charge in [-0.2, -0.15) is 0 Å². The lowest BCUT2D eigenvalue weighted by molar-refractivity contribution is 0.200. The van der Waals surface area contributed by atoms with E-state index in [4.69, 9.17) is 4.74 Å². The standard InChI is InChI=1S/C11H16N2O2/c1-2-12-8-9-13-11(14)15-10-6-4-3-5-7-10/h3-7,12H,2,8-9H2,1H3,(H,13,14). The predicted octanol–water partition coefficient (Wildman–Crippen LogP) is 1.38. The van der Waals surface area contributed by atoms with Crippen molar-refractivity contribution in [1.82, 2.24) is 10.6 Å². The molecule has 4 nitrogen and oxygen atoms in total. The van der Waals surface area contributed by atoms with Crippen LogP contribution < -0.4 is 15.4 Å². The van der Waals surface area contributed by atoms with E-state index in [1.165, 1.54) is 0 Å². The van der Waals surface area contributed by atoms with Gasteiger partial charge in [-0.05, 0) is 18.7 Å². The van der Waals surface area contributed by atoms with Crippen LogP contribution in [0.2, 0.25) is 0 Å². The van der Waals surface area contributed by atoms with Crippen LogP contribution in [-0.4, -0.2) is 25.7 Å². The van der Waals surface area contributed by atoms with Crippen molar-refractivity contribution >= 4 is 6.09 Å². The minimum absolute atomic E-state index is 0.417. The summed E-state index contributed by atoms with van der Waals surface area (Å²) >= 11 is 0. The third kappa shape index (κ3) is 5.02. The largest absolute Gasteiger partial charge is 0.412 e. The highest BCUT2D eigenvalue weighted by Gasteiger charge is 2.01. The molecule has 82 valence electrons. The van der Waals surface area contributed by atoms with Gasteiger partial charge in [0.1, 0.15) is 5.75 Å². The molecular weight excluding hydrogens is 192 g/mol. The molecule has 1 aromatic rings. The van der Waals surface area contributed by atoms with Gasteiger partial charge in [-0.25, -0.2) is 4.79 Å². The normalized spacial score (nSPS) is 9.67. The van der Waals surface area contributed by atoms with Gasteiger partial charge in [0, 0.05) is 13.1 Å². The van der Waals surface area contributed by atoms with E-state index in [9.17, 15) is 4.79 Å². The Kier molecular flexibility index (Phi) is 5.25. The molecule has 0 atom stereocenters. The smallest absolute Gasteiger partial charge is 0.410 e. The molecule has 1 rings (SSSR count). The fraction of sp³-hybridized carbons (Fsp3) is 0.364. The van der Waals surface area contributed by atoms with Gasteiger partial charge in [-0.3, -0.25) is 0 Å². The summed E-state index contributed by atoms with van der Waals surface area (Å²) in [6.07, 6.45) is -0.417. The van der Waals surface area contributed by atoms with Crippen LogP contribution in [0.5, 0.6) is 5.75 Å². The van der Waals surface area contributed by atoms with Crippen molar-refractivity contribution in [3.8, 4) is 5.75 Å². The molecule has 0 radical (unpaired) electrons. The van der Waals surface area contributed by atoms with Gasteiger partial charge in [0.15, 0.2) is 0 Å². The molecule has 0 aliphatic rings. The fourth-order valence-corrected chi connectivity index (χ4v) is 1.06. The highest BCUT2D eigenvalue weighted by atomic mass is 16.5. The number of likely N-dealkylation sites (N-methyl/N-ethyl adjacent to an activating group) is 1. The average molecular weight is 208 g/mol. The number of carbonyl (C=O) groups excluding carboxylic acids is 1. The van der Waals surface area contributed by atoms with E-state index in [0.29, 0.717) is 12.3 Å². The van der Waals surface area contributed by atoms with Gasteiger partial charge >= 0.3 is 6.09 Å². The topological polar surface area (TPSA) is 50.4 Å². The lowest BCUT2D eigenvalue weighted by Crippen LogP contribution is -2.33. The van der Waals surface area contributed by atoms with Crippen LogP contribution in [0.1, 0.15) is 6.92 Å². The monoisotopic (exact) mass is 208 g/mol. The average Bonchev–Trinajstić information content (AvgIpc) is 2.26. The van der Waals surface area contributed by atoms with Crippen LogP contribution in [0.25, 0.3) is 0 Å². The first kappa shape index (κ1) is 11.5. The Morgan fingerprint density at radius 2 is 2.00 bits per heavy atom. The first-order chi connectivity index (χ1) is 7.33. The number of amides is 1. The number of rotatable bonds is 5. The minimum atomic E-state index is -0.417. The van der Waals surface area contributed by atoms with E-state index >= 15 is 0 Å². The second-order valence-electron chi connectivity index (χ2n) is 2.98. The summed E-state index contributed by atoms with van der Waals surface area (Å²) in [6, 6.07) is 8.99. The molecule has 0 aliphatic heterocycles. The Balaban J connectivity index is 2.19. The highest BCUT2D eigenvalue weighted by Crippen LogP contribution is 2.07. The fourth-order valence-electron chi connectivity index (χ4n) is 1.06. The van der Waals surface area contributed by atoms with Crippen LogP contribution in [0.15, 0.2) is 30.3 Å². The summed E-state index contributed by atoms with van der Waals surface area (Å²) in [5.41, 5.74) is 0. The third-order valence-electron chi connectivity index (χ3n) is 1.77. The van der Waals surface area contributed by atoms with Gasteiger partial charge in [-0.15, -0.1) is 0 Å². The van der Waals surface area contributed by atoms with Crippen LogP contribution >= 0.6 is 0 Å². The van der Waals surface area contributed by atoms with Crippen molar-refractivity contribution in [2.75, 3.05) is 19.6 Å². The molecule has 0 bridgehead atoms. The Bertz CT molecular complexity index is 288. The van der Waals surface area contributed by atoms with Gasteiger partial charge < -0.3 is 15.4 Å². The Morgan fingerprint density at radius 1 is 1.27 bits per heavy atom.